The van der Waals surface area contributed by atoms with Crippen molar-refractivity contribution in [1.82, 2.24) is 5.32 Å². The summed E-state index contributed by atoms with van der Waals surface area (Å²) in [5.74, 6) is 0.859. The molecule has 6 rings (SSSR count). The maximum Gasteiger partial charge on any atom is 0.235 e. The number of nitrogens with one attached hydrogen (secondary N) is 2. The number of allylic oxidation sites excluding steroid dienone is 1. The number of nitrogens with zero attached hydrogens (tertiary/aromatic N) is 1. The van der Waals surface area contributed by atoms with Gasteiger partial charge in [-0.3, -0.25) is 4.79 Å². The predicted octanol–water partition coefficient (Wildman–Crippen LogP) is 3.78. The summed E-state index contributed by atoms with van der Waals surface area (Å²) in [4.78, 5) is 17.8. The minimum atomic E-state index is -0.424. The fourth-order valence-corrected chi connectivity index (χ4v) is 5.61. The van der Waals surface area contributed by atoms with Crippen LogP contribution in [-0.4, -0.2) is 30.8 Å². The highest BCUT2D eigenvalue weighted by atomic mass is 16.5. The third kappa shape index (κ3) is 2.97. The molecule has 0 aromatic heterocycles. The molecule has 2 aliphatic carbocycles. The maximum absolute atomic E-state index is 13.0. The van der Waals surface area contributed by atoms with Crippen LogP contribution in [0.2, 0.25) is 0 Å². The Morgan fingerprint density at radius 1 is 1.16 bits per heavy atom. The number of nitrogens with two attached hydrogens (primary N) is 1. The number of rotatable bonds is 5. The third-order valence-electron chi connectivity index (χ3n) is 7.67. The predicted molar refractivity (Wildman–Crippen MR) is 126 cm³/mol. The zero-order chi connectivity index (χ0) is 21.8. The highest BCUT2D eigenvalue weighted by Crippen LogP contribution is 2.55. The highest BCUT2D eigenvalue weighted by molar-refractivity contribution is 6.13. The number of hydrogen-bond donors (Lipinski definition) is 3. The van der Waals surface area contributed by atoms with Gasteiger partial charge in [0.15, 0.2) is 0 Å². The van der Waals surface area contributed by atoms with E-state index in [1.165, 1.54) is 6.20 Å². The van der Waals surface area contributed by atoms with E-state index < -0.39 is 5.41 Å². The molecule has 0 bridgehead atoms. The van der Waals surface area contributed by atoms with Gasteiger partial charge in [0.1, 0.15) is 11.9 Å². The molecule has 6 nitrogen and oxygen atoms in total. The average molecular weight is 429 g/mol. The maximum atomic E-state index is 13.0. The summed E-state index contributed by atoms with van der Waals surface area (Å²) in [6.45, 7) is 2.17. The first-order chi connectivity index (χ1) is 15.6. The van der Waals surface area contributed by atoms with Gasteiger partial charge in [-0.15, -0.1) is 0 Å². The van der Waals surface area contributed by atoms with Crippen molar-refractivity contribution in [2.45, 2.75) is 43.6 Å². The average Bonchev–Trinajstić information content (AvgIpc) is 3.01. The van der Waals surface area contributed by atoms with Gasteiger partial charge in [0.25, 0.3) is 0 Å². The highest BCUT2D eigenvalue weighted by Gasteiger charge is 2.53. The van der Waals surface area contributed by atoms with Crippen LogP contribution >= 0.6 is 0 Å². The summed E-state index contributed by atoms with van der Waals surface area (Å²) < 4.78 is 6.50. The standard InChI is InChI=1S/C26H28N4O2/c27-10-7-21(29-18-5-2-1-3-6-18)17-11-20-23(30-24(31)26(20)8-4-9-26)22(12-17)32-19-13-25(14-19)15-28-16-25/h1-3,5-7,10-12,19,28H,4,8-9,13-16,27H2,(H,30,31). The summed E-state index contributed by atoms with van der Waals surface area (Å²) >= 11 is 0. The Balaban J connectivity index is 1.41. The van der Waals surface area contributed by atoms with E-state index in [4.69, 9.17) is 15.5 Å². The number of carbonyl (C=O) groups is 1. The lowest BCUT2D eigenvalue weighted by Gasteiger charge is -2.53. The molecule has 4 aliphatic rings. The zero-order valence-corrected chi connectivity index (χ0v) is 18.1. The fourth-order valence-electron chi connectivity index (χ4n) is 5.61. The van der Waals surface area contributed by atoms with E-state index in [-0.39, 0.29) is 12.0 Å². The largest absolute Gasteiger partial charge is 0.488 e. The molecule has 6 heteroatoms. The van der Waals surface area contributed by atoms with Crippen molar-refractivity contribution in [2.75, 3.05) is 18.4 Å². The van der Waals surface area contributed by atoms with Gasteiger partial charge in [-0.05, 0) is 67.8 Å². The molecule has 32 heavy (non-hydrogen) atoms. The smallest absolute Gasteiger partial charge is 0.235 e. The SMILES string of the molecule is NC=CC(=Nc1ccccc1)c1cc(OC2CC3(CNC3)C2)c2c(c1)C1(CCC1)C(=O)N2. The molecule has 3 fully saturated rings. The molecule has 2 aliphatic heterocycles. The van der Waals surface area contributed by atoms with E-state index >= 15 is 0 Å². The number of fused-ring (bicyclic) bond motifs is 2. The molecule has 2 saturated carbocycles. The Hall–Kier alpha value is -3.12. The zero-order valence-electron chi connectivity index (χ0n) is 18.1. The lowest BCUT2D eigenvalue weighted by molar-refractivity contribution is -0.123. The summed E-state index contributed by atoms with van der Waals surface area (Å²) in [6.07, 6.45) is 8.46. The molecule has 1 saturated heterocycles. The van der Waals surface area contributed by atoms with E-state index in [0.717, 1.165) is 79.2 Å². The number of benzene rings is 2. The van der Waals surface area contributed by atoms with Crippen LogP contribution in [0.5, 0.6) is 5.75 Å². The van der Waals surface area contributed by atoms with E-state index in [0.29, 0.717) is 5.41 Å². The summed E-state index contributed by atoms with van der Waals surface area (Å²) in [7, 11) is 0. The van der Waals surface area contributed by atoms with Crippen molar-refractivity contribution in [2.24, 2.45) is 16.1 Å². The van der Waals surface area contributed by atoms with E-state index in [1.807, 2.05) is 42.5 Å². The Morgan fingerprint density at radius 2 is 1.94 bits per heavy atom. The van der Waals surface area contributed by atoms with Crippen molar-refractivity contribution in [3.63, 3.8) is 0 Å². The molecule has 2 aromatic rings. The number of ether oxygens (including phenoxy) is 1. The number of para-hydroxylation sites is 1. The van der Waals surface area contributed by atoms with Crippen LogP contribution < -0.4 is 21.1 Å². The summed E-state index contributed by atoms with van der Waals surface area (Å²) in [6, 6.07) is 14.0. The fraction of sp³-hybridized carbons (Fsp3) is 0.385. The Morgan fingerprint density at radius 3 is 2.56 bits per heavy atom. The second-order valence-corrected chi connectivity index (χ2v) is 9.73. The molecule has 1 amide bonds. The first kappa shape index (κ1) is 19.6. The summed E-state index contributed by atoms with van der Waals surface area (Å²) in [5, 5.41) is 6.53. The Labute approximate surface area is 187 Å². The molecular weight excluding hydrogens is 400 g/mol. The molecule has 2 spiro atoms. The van der Waals surface area contributed by atoms with Crippen LogP contribution in [0, 0.1) is 5.41 Å². The minimum absolute atomic E-state index is 0.102. The summed E-state index contributed by atoms with van der Waals surface area (Å²) in [5.41, 5.74) is 10.2. The van der Waals surface area contributed by atoms with Gasteiger partial charge >= 0.3 is 0 Å². The number of aliphatic imine (C=N–C) groups is 1. The first-order valence-corrected chi connectivity index (χ1v) is 11.5. The third-order valence-corrected chi connectivity index (χ3v) is 7.67. The topological polar surface area (TPSA) is 88.7 Å². The molecular formula is C26H28N4O2. The van der Waals surface area contributed by atoms with E-state index in [9.17, 15) is 4.79 Å². The first-order valence-electron chi connectivity index (χ1n) is 11.5. The lowest BCUT2D eigenvalue weighted by Crippen LogP contribution is -2.62. The van der Waals surface area contributed by atoms with Crippen LogP contribution in [-0.2, 0) is 10.2 Å². The number of carbonyl (C=O) groups excluding carboxylic acids is 1. The number of hydrogen-bond acceptors (Lipinski definition) is 5. The Bertz CT molecular complexity index is 1120. The van der Waals surface area contributed by atoms with Crippen molar-refractivity contribution in [3.05, 3.63) is 65.9 Å². The van der Waals surface area contributed by atoms with Gasteiger partial charge in [-0.2, -0.15) is 0 Å². The second kappa shape index (κ2) is 7.20. The van der Waals surface area contributed by atoms with Gasteiger partial charge in [-0.1, -0.05) is 24.6 Å². The molecule has 0 unspecified atom stereocenters. The van der Waals surface area contributed by atoms with Crippen molar-refractivity contribution >= 4 is 23.0 Å². The minimum Gasteiger partial charge on any atom is -0.488 e. The quantitative estimate of drug-likeness (QED) is 0.633. The van der Waals surface area contributed by atoms with Crippen LogP contribution in [0.15, 0.2) is 59.7 Å². The molecule has 2 heterocycles. The van der Waals surface area contributed by atoms with Crippen molar-refractivity contribution in [1.29, 1.82) is 0 Å². The van der Waals surface area contributed by atoms with Crippen LogP contribution in [0.1, 0.15) is 43.2 Å². The lowest BCUT2D eigenvalue weighted by atomic mass is 9.63. The van der Waals surface area contributed by atoms with Gasteiger partial charge < -0.3 is 21.1 Å². The van der Waals surface area contributed by atoms with E-state index in [1.54, 1.807) is 0 Å². The monoisotopic (exact) mass is 428 g/mol. The number of anilines is 1. The van der Waals surface area contributed by atoms with Crippen LogP contribution in [0.3, 0.4) is 0 Å². The van der Waals surface area contributed by atoms with E-state index in [2.05, 4.69) is 16.7 Å². The van der Waals surface area contributed by atoms with Gasteiger partial charge in [0.05, 0.1) is 22.5 Å². The van der Waals surface area contributed by atoms with Crippen molar-refractivity contribution < 1.29 is 9.53 Å². The normalized spacial score (nSPS) is 22.9. The molecule has 0 atom stereocenters. The van der Waals surface area contributed by atoms with Crippen LogP contribution in [0.4, 0.5) is 11.4 Å². The van der Waals surface area contributed by atoms with Crippen molar-refractivity contribution in [3.8, 4) is 5.75 Å². The molecule has 164 valence electrons. The Kier molecular flexibility index (Phi) is 4.40. The van der Waals surface area contributed by atoms with Gasteiger partial charge in [0.2, 0.25) is 5.91 Å². The van der Waals surface area contributed by atoms with Gasteiger partial charge in [-0.25, -0.2) is 4.99 Å². The van der Waals surface area contributed by atoms with Crippen LogP contribution in [0.25, 0.3) is 0 Å². The second-order valence-electron chi connectivity index (χ2n) is 9.73. The van der Waals surface area contributed by atoms with Gasteiger partial charge in [0, 0.05) is 24.1 Å². The molecule has 2 aromatic carbocycles. The molecule has 0 radical (unpaired) electrons. The number of amides is 1. The molecule has 4 N–H and O–H groups in total.